The quantitative estimate of drug-likeness (QED) is 0.766. The highest BCUT2D eigenvalue weighted by Gasteiger charge is 2.12. The Labute approximate surface area is 129 Å². The fraction of sp³-hybridized carbons (Fsp3) is 0.0714. The van der Waals surface area contributed by atoms with Gasteiger partial charge in [-0.05, 0) is 35.0 Å². The molecule has 0 saturated heterocycles. The summed E-state index contributed by atoms with van der Waals surface area (Å²) in [6, 6.07) is 7.73. The maximum Gasteiger partial charge on any atom is 0.259 e. The zero-order valence-corrected chi connectivity index (χ0v) is 12.8. The van der Waals surface area contributed by atoms with Gasteiger partial charge in [-0.25, -0.2) is 4.68 Å². The minimum atomic E-state index is -0.215. The molecule has 2 N–H and O–H groups in total. The van der Waals surface area contributed by atoms with E-state index in [4.69, 9.17) is 0 Å². The first kappa shape index (κ1) is 13.6. The molecule has 21 heavy (non-hydrogen) atoms. The van der Waals surface area contributed by atoms with Gasteiger partial charge in [0.05, 0.1) is 35.5 Å². The molecule has 0 aliphatic rings. The van der Waals surface area contributed by atoms with Crippen LogP contribution in [0.4, 0.5) is 5.69 Å². The van der Waals surface area contributed by atoms with Gasteiger partial charge in [0.25, 0.3) is 5.91 Å². The Morgan fingerprint density at radius 2 is 2.14 bits per heavy atom. The molecule has 0 spiro atoms. The number of nitrogens with one attached hydrogen (secondary N) is 2. The first-order valence-corrected chi connectivity index (χ1v) is 7.05. The van der Waals surface area contributed by atoms with Gasteiger partial charge >= 0.3 is 0 Å². The summed E-state index contributed by atoms with van der Waals surface area (Å²) in [5.74, 6) is -0.215. The fourth-order valence-corrected chi connectivity index (χ4v) is 2.40. The van der Waals surface area contributed by atoms with E-state index in [-0.39, 0.29) is 5.91 Å². The monoisotopic (exact) mass is 345 g/mol. The lowest BCUT2D eigenvalue weighted by Gasteiger charge is -2.03. The minimum Gasteiger partial charge on any atom is -0.319 e. The standard InChI is InChI=1S/C14H12BrN5O/c1-9-11(7-16-19-9)14(21)18-10-6-17-20(8-10)13-5-3-2-4-12(13)15/h2-8H,1H3,(H,16,19)(H,18,21). The highest BCUT2D eigenvalue weighted by molar-refractivity contribution is 9.10. The average Bonchev–Trinajstić information content (AvgIpc) is 3.08. The molecule has 1 aromatic carbocycles. The van der Waals surface area contributed by atoms with Crippen LogP contribution in [0.3, 0.4) is 0 Å². The van der Waals surface area contributed by atoms with E-state index in [2.05, 4.69) is 36.5 Å². The van der Waals surface area contributed by atoms with Crippen molar-refractivity contribution in [2.75, 3.05) is 5.32 Å². The van der Waals surface area contributed by atoms with Crippen LogP contribution >= 0.6 is 15.9 Å². The van der Waals surface area contributed by atoms with Crippen LogP contribution in [0.2, 0.25) is 0 Å². The summed E-state index contributed by atoms with van der Waals surface area (Å²) in [6.45, 7) is 1.80. The molecule has 0 saturated carbocycles. The van der Waals surface area contributed by atoms with Crippen molar-refractivity contribution in [3.05, 3.63) is 58.6 Å². The number of amides is 1. The van der Waals surface area contributed by atoms with E-state index in [0.29, 0.717) is 11.3 Å². The van der Waals surface area contributed by atoms with Crippen LogP contribution in [0.5, 0.6) is 0 Å². The lowest BCUT2D eigenvalue weighted by Crippen LogP contribution is -2.11. The lowest BCUT2D eigenvalue weighted by atomic mass is 10.2. The Kier molecular flexibility index (Phi) is 3.57. The number of aryl methyl sites for hydroxylation is 1. The van der Waals surface area contributed by atoms with Crippen molar-refractivity contribution in [2.45, 2.75) is 6.92 Å². The van der Waals surface area contributed by atoms with Gasteiger partial charge in [0.15, 0.2) is 0 Å². The minimum absolute atomic E-state index is 0.215. The van der Waals surface area contributed by atoms with Gasteiger partial charge in [-0.15, -0.1) is 0 Å². The predicted octanol–water partition coefficient (Wildman–Crippen LogP) is 2.92. The highest BCUT2D eigenvalue weighted by atomic mass is 79.9. The number of halogens is 1. The molecule has 0 unspecified atom stereocenters. The normalized spacial score (nSPS) is 10.6. The fourth-order valence-electron chi connectivity index (χ4n) is 1.93. The summed E-state index contributed by atoms with van der Waals surface area (Å²) in [7, 11) is 0. The van der Waals surface area contributed by atoms with Gasteiger partial charge < -0.3 is 5.32 Å². The van der Waals surface area contributed by atoms with Gasteiger partial charge in [0.1, 0.15) is 0 Å². The van der Waals surface area contributed by atoms with Gasteiger partial charge in [-0.3, -0.25) is 9.89 Å². The predicted molar refractivity (Wildman–Crippen MR) is 82.5 cm³/mol. The first-order chi connectivity index (χ1) is 10.1. The molecule has 6 nitrogen and oxygen atoms in total. The third kappa shape index (κ3) is 2.73. The van der Waals surface area contributed by atoms with E-state index in [1.54, 1.807) is 24.0 Å². The molecular formula is C14H12BrN5O. The Morgan fingerprint density at radius 3 is 2.86 bits per heavy atom. The molecule has 0 bridgehead atoms. The third-order valence-corrected chi connectivity index (χ3v) is 3.68. The lowest BCUT2D eigenvalue weighted by molar-refractivity contribution is 0.102. The van der Waals surface area contributed by atoms with Crippen LogP contribution in [-0.2, 0) is 0 Å². The number of hydrogen-bond acceptors (Lipinski definition) is 3. The number of carbonyl (C=O) groups is 1. The second kappa shape index (κ2) is 5.53. The molecule has 106 valence electrons. The van der Waals surface area contributed by atoms with Crippen LogP contribution in [0, 0.1) is 6.92 Å². The largest absolute Gasteiger partial charge is 0.319 e. The average molecular weight is 346 g/mol. The van der Waals surface area contributed by atoms with E-state index in [9.17, 15) is 4.79 Å². The molecule has 0 fully saturated rings. The summed E-state index contributed by atoms with van der Waals surface area (Å²) in [4.78, 5) is 12.1. The number of benzene rings is 1. The molecule has 0 atom stereocenters. The van der Waals surface area contributed by atoms with Crippen molar-refractivity contribution in [3.8, 4) is 5.69 Å². The second-order valence-electron chi connectivity index (χ2n) is 4.49. The number of nitrogens with zero attached hydrogens (tertiary/aromatic N) is 3. The van der Waals surface area contributed by atoms with Crippen LogP contribution in [0.1, 0.15) is 16.1 Å². The number of carbonyl (C=O) groups excluding carboxylic acids is 1. The smallest absolute Gasteiger partial charge is 0.259 e. The Hall–Kier alpha value is -2.41. The molecule has 0 radical (unpaired) electrons. The topological polar surface area (TPSA) is 75.6 Å². The maximum absolute atomic E-state index is 12.1. The molecule has 3 aromatic rings. The Balaban J connectivity index is 1.82. The van der Waals surface area contributed by atoms with E-state index < -0.39 is 0 Å². The number of rotatable bonds is 3. The maximum atomic E-state index is 12.1. The van der Waals surface area contributed by atoms with Crippen molar-refractivity contribution in [1.29, 1.82) is 0 Å². The van der Waals surface area contributed by atoms with Crippen molar-refractivity contribution >= 4 is 27.5 Å². The molecule has 0 aliphatic heterocycles. The van der Waals surface area contributed by atoms with E-state index in [1.807, 2.05) is 24.3 Å². The summed E-state index contributed by atoms with van der Waals surface area (Å²) < 4.78 is 2.62. The van der Waals surface area contributed by atoms with Crippen molar-refractivity contribution in [3.63, 3.8) is 0 Å². The summed E-state index contributed by atoms with van der Waals surface area (Å²) in [6.07, 6.45) is 4.86. The number of anilines is 1. The molecule has 2 aromatic heterocycles. The van der Waals surface area contributed by atoms with Crippen molar-refractivity contribution in [2.24, 2.45) is 0 Å². The molecule has 1 amide bonds. The molecule has 7 heteroatoms. The van der Waals surface area contributed by atoms with Crippen molar-refractivity contribution < 1.29 is 4.79 Å². The molecule has 3 rings (SSSR count). The van der Waals surface area contributed by atoms with Crippen LogP contribution in [0.15, 0.2) is 47.3 Å². The van der Waals surface area contributed by atoms with E-state index >= 15 is 0 Å². The van der Waals surface area contributed by atoms with Gasteiger partial charge in [0.2, 0.25) is 0 Å². The van der Waals surface area contributed by atoms with Crippen LogP contribution < -0.4 is 5.32 Å². The zero-order chi connectivity index (χ0) is 14.8. The molecule has 0 aliphatic carbocycles. The van der Waals surface area contributed by atoms with Crippen LogP contribution in [-0.4, -0.2) is 25.9 Å². The van der Waals surface area contributed by atoms with Crippen LogP contribution in [0.25, 0.3) is 5.69 Å². The number of aromatic amines is 1. The number of hydrogen-bond donors (Lipinski definition) is 2. The Morgan fingerprint density at radius 1 is 1.33 bits per heavy atom. The second-order valence-corrected chi connectivity index (χ2v) is 5.34. The zero-order valence-electron chi connectivity index (χ0n) is 11.2. The van der Waals surface area contributed by atoms with Gasteiger partial charge in [-0.2, -0.15) is 10.2 Å². The molecule has 2 heterocycles. The third-order valence-electron chi connectivity index (χ3n) is 3.01. The van der Waals surface area contributed by atoms with Gasteiger partial charge in [0, 0.05) is 10.2 Å². The van der Waals surface area contributed by atoms with Gasteiger partial charge in [-0.1, -0.05) is 12.1 Å². The summed E-state index contributed by atoms with van der Waals surface area (Å²) in [5.41, 5.74) is 2.77. The summed E-state index contributed by atoms with van der Waals surface area (Å²) >= 11 is 3.47. The van der Waals surface area contributed by atoms with E-state index in [1.165, 1.54) is 6.20 Å². The highest BCUT2D eigenvalue weighted by Crippen LogP contribution is 2.21. The Bertz CT molecular complexity index is 792. The molecular weight excluding hydrogens is 334 g/mol. The number of para-hydroxylation sites is 1. The van der Waals surface area contributed by atoms with Crippen molar-refractivity contribution in [1.82, 2.24) is 20.0 Å². The number of aromatic nitrogens is 4. The summed E-state index contributed by atoms with van der Waals surface area (Å²) in [5, 5.41) is 13.6. The first-order valence-electron chi connectivity index (χ1n) is 6.26. The van der Waals surface area contributed by atoms with E-state index in [0.717, 1.165) is 15.9 Å². The SMILES string of the molecule is Cc1[nH]ncc1C(=O)Nc1cnn(-c2ccccc2Br)c1. The number of H-pyrrole nitrogens is 1.